The zero-order valence-corrected chi connectivity index (χ0v) is 8.14. The normalized spacial score (nSPS) is 10.3. The Morgan fingerprint density at radius 2 is 1.83 bits per heavy atom. The molecule has 0 fully saturated rings. The van der Waals surface area contributed by atoms with Crippen LogP contribution in [0.4, 0.5) is 0 Å². The van der Waals surface area contributed by atoms with Gasteiger partial charge in [0.15, 0.2) is 0 Å². The largest absolute Gasteiger partial charge is 0.497 e. The minimum atomic E-state index is 0.507. The maximum absolute atomic E-state index is 5.45. The van der Waals surface area contributed by atoms with Crippen LogP contribution in [0, 0.1) is 0 Å². The van der Waals surface area contributed by atoms with Gasteiger partial charge >= 0.3 is 0 Å². The van der Waals surface area contributed by atoms with Crippen molar-refractivity contribution in [3.63, 3.8) is 0 Å². The Morgan fingerprint density at radius 1 is 1.25 bits per heavy atom. The summed E-state index contributed by atoms with van der Waals surface area (Å²) in [5.41, 5.74) is 1.04. The molecule has 0 aliphatic carbocycles. The van der Waals surface area contributed by atoms with E-state index in [1.807, 2.05) is 24.3 Å². The summed E-state index contributed by atoms with van der Waals surface area (Å²) >= 11 is 10.9. The summed E-state index contributed by atoms with van der Waals surface area (Å²) in [5.74, 6) is 0.828. The second-order valence-corrected chi connectivity index (χ2v) is 3.30. The van der Waals surface area contributed by atoms with Crippen LogP contribution < -0.4 is 4.74 Å². The Labute approximate surface area is 81.9 Å². The van der Waals surface area contributed by atoms with Gasteiger partial charge in [-0.25, -0.2) is 0 Å². The summed E-state index contributed by atoms with van der Waals surface area (Å²) in [7, 11) is 1.63. The second kappa shape index (κ2) is 4.55. The van der Waals surface area contributed by atoms with Gasteiger partial charge in [-0.1, -0.05) is 12.1 Å². The van der Waals surface area contributed by atoms with Crippen molar-refractivity contribution in [3.05, 3.63) is 29.8 Å². The average molecular weight is 206 g/mol. The molecule has 12 heavy (non-hydrogen) atoms. The van der Waals surface area contributed by atoms with E-state index in [1.165, 1.54) is 0 Å². The quantitative estimate of drug-likeness (QED) is 0.705. The van der Waals surface area contributed by atoms with Crippen molar-refractivity contribution < 1.29 is 4.74 Å². The first-order chi connectivity index (χ1) is 5.72. The van der Waals surface area contributed by atoms with Crippen molar-refractivity contribution in [1.29, 1.82) is 0 Å². The third kappa shape index (κ3) is 2.89. The highest BCUT2D eigenvalue weighted by Gasteiger charge is 1.98. The van der Waals surface area contributed by atoms with Gasteiger partial charge in [0.1, 0.15) is 5.75 Å². The minimum absolute atomic E-state index is 0.507. The SMILES string of the molecule is COc1ccc(CN(Cl)Cl)cc1. The maximum atomic E-state index is 5.45. The van der Waals surface area contributed by atoms with Gasteiger partial charge in [-0.15, -0.1) is 3.94 Å². The molecule has 0 atom stereocenters. The van der Waals surface area contributed by atoms with Crippen molar-refractivity contribution in [2.24, 2.45) is 0 Å². The van der Waals surface area contributed by atoms with E-state index in [9.17, 15) is 0 Å². The highest BCUT2D eigenvalue weighted by molar-refractivity contribution is 6.33. The van der Waals surface area contributed by atoms with Gasteiger partial charge in [-0.3, -0.25) is 0 Å². The molecule has 0 saturated heterocycles. The third-order valence-electron chi connectivity index (χ3n) is 1.46. The maximum Gasteiger partial charge on any atom is 0.118 e. The zero-order chi connectivity index (χ0) is 8.97. The molecule has 2 nitrogen and oxygen atoms in total. The number of hydrogen-bond donors (Lipinski definition) is 0. The molecule has 1 aromatic rings. The molecule has 0 heterocycles. The molecule has 0 bridgehead atoms. The van der Waals surface area contributed by atoms with E-state index in [0.29, 0.717) is 6.54 Å². The molecule has 1 rings (SSSR count). The fourth-order valence-electron chi connectivity index (χ4n) is 0.869. The van der Waals surface area contributed by atoms with Gasteiger partial charge in [-0.05, 0) is 41.2 Å². The van der Waals surface area contributed by atoms with Gasteiger partial charge in [0.05, 0.1) is 13.7 Å². The van der Waals surface area contributed by atoms with E-state index in [-0.39, 0.29) is 0 Å². The number of nitrogens with zero attached hydrogens (tertiary/aromatic N) is 1. The lowest BCUT2D eigenvalue weighted by atomic mass is 10.2. The van der Waals surface area contributed by atoms with Crippen molar-refractivity contribution >= 4 is 23.6 Å². The lowest BCUT2D eigenvalue weighted by Crippen LogP contribution is -1.96. The summed E-state index contributed by atoms with van der Waals surface area (Å²) in [6.07, 6.45) is 0. The smallest absolute Gasteiger partial charge is 0.118 e. The number of benzene rings is 1. The highest BCUT2D eigenvalue weighted by Crippen LogP contribution is 2.14. The monoisotopic (exact) mass is 205 g/mol. The van der Waals surface area contributed by atoms with Gasteiger partial charge in [0.25, 0.3) is 0 Å². The fourth-order valence-corrected chi connectivity index (χ4v) is 1.14. The Hall–Kier alpha value is -0.440. The van der Waals surface area contributed by atoms with Crippen LogP contribution in [-0.4, -0.2) is 11.0 Å². The fraction of sp³-hybridized carbons (Fsp3) is 0.250. The molecular formula is C8H9Cl2NO. The Morgan fingerprint density at radius 3 is 2.25 bits per heavy atom. The molecule has 1 aromatic carbocycles. The topological polar surface area (TPSA) is 12.5 Å². The van der Waals surface area contributed by atoms with E-state index >= 15 is 0 Å². The molecule has 0 saturated carbocycles. The van der Waals surface area contributed by atoms with Crippen molar-refractivity contribution in [3.8, 4) is 5.75 Å². The van der Waals surface area contributed by atoms with E-state index in [0.717, 1.165) is 15.3 Å². The van der Waals surface area contributed by atoms with Gasteiger partial charge < -0.3 is 4.74 Å². The molecule has 66 valence electrons. The third-order valence-corrected chi connectivity index (χ3v) is 1.70. The van der Waals surface area contributed by atoms with Crippen LogP contribution in [0.3, 0.4) is 0 Å². The molecule has 4 heteroatoms. The van der Waals surface area contributed by atoms with E-state index in [2.05, 4.69) is 0 Å². The molecular weight excluding hydrogens is 197 g/mol. The molecule has 0 aliphatic rings. The molecule has 0 spiro atoms. The Kier molecular flexibility index (Phi) is 3.66. The van der Waals surface area contributed by atoms with E-state index in [4.69, 9.17) is 28.3 Å². The number of hydrogen-bond acceptors (Lipinski definition) is 2. The van der Waals surface area contributed by atoms with Crippen molar-refractivity contribution in [2.75, 3.05) is 7.11 Å². The molecule has 0 radical (unpaired) electrons. The van der Waals surface area contributed by atoms with Crippen LogP contribution >= 0.6 is 23.6 Å². The standard InChI is InChI=1S/C8H9Cl2NO/c1-12-8-4-2-7(3-5-8)6-11(9)10/h2-5H,6H2,1H3. The minimum Gasteiger partial charge on any atom is -0.497 e. The van der Waals surface area contributed by atoms with Crippen LogP contribution in [-0.2, 0) is 6.54 Å². The number of rotatable bonds is 3. The number of ether oxygens (including phenoxy) is 1. The van der Waals surface area contributed by atoms with Gasteiger partial charge in [0, 0.05) is 0 Å². The molecule has 0 N–H and O–H groups in total. The number of halogens is 2. The number of methoxy groups -OCH3 is 1. The van der Waals surface area contributed by atoms with Crippen LogP contribution in [0.15, 0.2) is 24.3 Å². The Balaban J connectivity index is 2.65. The molecule has 0 amide bonds. The summed E-state index contributed by atoms with van der Waals surface area (Å²) < 4.78 is 6.08. The first-order valence-corrected chi connectivity index (χ1v) is 4.12. The van der Waals surface area contributed by atoms with Gasteiger partial charge in [0.2, 0.25) is 0 Å². The highest BCUT2D eigenvalue weighted by atomic mass is 35.5. The first-order valence-electron chi connectivity index (χ1n) is 3.44. The van der Waals surface area contributed by atoms with Crippen LogP contribution in [0.25, 0.3) is 0 Å². The average Bonchev–Trinajstić information content (AvgIpc) is 2.05. The van der Waals surface area contributed by atoms with E-state index in [1.54, 1.807) is 7.11 Å². The molecule has 0 unspecified atom stereocenters. The predicted octanol–water partition coefficient (Wildman–Crippen LogP) is 2.80. The van der Waals surface area contributed by atoms with Crippen LogP contribution in [0.5, 0.6) is 5.75 Å². The summed E-state index contributed by atoms with van der Waals surface area (Å²) in [4.78, 5) is 0. The Bertz CT molecular complexity index is 235. The lowest BCUT2D eigenvalue weighted by Gasteiger charge is -2.04. The van der Waals surface area contributed by atoms with Gasteiger partial charge in [-0.2, -0.15) is 0 Å². The molecule has 0 aliphatic heterocycles. The van der Waals surface area contributed by atoms with E-state index < -0.39 is 0 Å². The zero-order valence-electron chi connectivity index (χ0n) is 6.63. The summed E-state index contributed by atoms with van der Waals surface area (Å²) in [6.45, 7) is 0.507. The van der Waals surface area contributed by atoms with Crippen LogP contribution in [0.2, 0.25) is 0 Å². The second-order valence-electron chi connectivity index (χ2n) is 2.31. The summed E-state index contributed by atoms with van der Waals surface area (Å²) in [6, 6.07) is 7.56. The predicted molar refractivity (Wildman–Crippen MR) is 50.2 cm³/mol. The summed E-state index contributed by atoms with van der Waals surface area (Å²) in [5, 5.41) is 0. The van der Waals surface area contributed by atoms with Crippen molar-refractivity contribution in [2.45, 2.75) is 6.54 Å². The van der Waals surface area contributed by atoms with Crippen LogP contribution in [0.1, 0.15) is 5.56 Å². The lowest BCUT2D eigenvalue weighted by molar-refractivity contribution is 0.414. The van der Waals surface area contributed by atoms with Crippen molar-refractivity contribution in [1.82, 2.24) is 3.94 Å². The first kappa shape index (κ1) is 9.65. The molecule has 0 aromatic heterocycles.